The van der Waals surface area contributed by atoms with E-state index in [1.165, 1.54) is 0 Å². The third-order valence-corrected chi connectivity index (χ3v) is 5.33. The van der Waals surface area contributed by atoms with Crippen LogP contribution in [-0.2, 0) is 9.53 Å². The van der Waals surface area contributed by atoms with E-state index in [0.717, 1.165) is 36.9 Å². The third-order valence-electron chi connectivity index (χ3n) is 4.10. The summed E-state index contributed by atoms with van der Waals surface area (Å²) in [5.74, 6) is 2.26. The molecule has 0 saturated carbocycles. The minimum Gasteiger partial charge on any atom is -0.460 e. The highest BCUT2D eigenvalue weighted by Crippen LogP contribution is 2.27. The zero-order valence-electron chi connectivity index (χ0n) is 15.0. The van der Waals surface area contributed by atoms with Crippen LogP contribution in [0.5, 0.6) is 0 Å². The lowest BCUT2D eigenvalue weighted by atomic mass is 10.0. The SMILES string of the molecule is CN=C(NCC1(O)CCSC1)N1CCC(C(=O)OC(C)(C)C)C1.I. The Hall–Kier alpha value is -0.220. The van der Waals surface area contributed by atoms with E-state index < -0.39 is 11.2 Å². The molecule has 24 heavy (non-hydrogen) atoms. The van der Waals surface area contributed by atoms with Crippen LogP contribution in [0.15, 0.2) is 4.99 Å². The molecule has 2 unspecified atom stereocenters. The average molecular weight is 471 g/mol. The maximum Gasteiger partial charge on any atom is 0.311 e. The molecule has 0 aliphatic carbocycles. The van der Waals surface area contributed by atoms with Gasteiger partial charge in [-0.1, -0.05) is 0 Å². The molecule has 2 saturated heterocycles. The molecule has 8 heteroatoms. The summed E-state index contributed by atoms with van der Waals surface area (Å²) in [6.45, 7) is 7.55. The smallest absolute Gasteiger partial charge is 0.311 e. The molecule has 2 N–H and O–H groups in total. The van der Waals surface area contributed by atoms with E-state index in [4.69, 9.17) is 4.74 Å². The van der Waals surface area contributed by atoms with Crippen molar-refractivity contribution in [3.63, 3.8) is 0 Å². The van der Waals surface area contributed by atoms with Crippen LogP contribution in [0.25, 0.3) is 0 Å². The first-order valence-electron chi connectivity index (χ1n) is 8.21. The number of carbonyl (C=O) groups is 1. The van der Waals surface area contributed by atoms with Crippen molar-refractivity contribution in [3.8, 4) is 0 Å². The average Bonchev–Trinajstić information content (AvgIpc) is 3.07. The highest BCUT2D eigenvalue weighted by atomic mass is 127. The molecule has 0 radical (unpaired) electrons. The monoisotopic (exact) mass is 471 g/mol. The summed E-state index contributed by atoms with van der Waals surface area (Å²) >= 11 is 1.78. The summed E-state index contributed by atoms with van der Waals surface area (Å²) in [5, 5.41) is 13.7. The van der Waals surface area contributed by atoms with Gasteiger partial charge in [0.1, 0.15) is 5.60 Å². The van der Waals surface area contributed by atoms with Crippen molar-refractivity contribution in [1.29, 1.82) is 0 Å². The molecule has 2 atom stereocenters. The van der Waals surface area contributed by atoms with Crippen LogP contribution in [-0.4, -0.2) is 71.3 Å². The van der Waals surface area contributed by atoms with Gasteiger partial charge in [-0.25, -0.2) is 0 Å². The molecule has 0 aromatic rings. The molecule has 2 fully saturated rings. The Bertz CT molecular complexity index is 462. The summed E-state index contributed by atoms with van der Waals surface area (Å²) in [6, 6.07) is 0. The van der Waals surface area contributed by atoms with Gasteiger partial charge >= 0.3 is 5.97 Å². The fraction of sp³-hybridized carbons (Fsp3) is 0.875. The fourth-order valence-electron chi connectivity index (χ4n) is 2.84. The zero-order valence-corrected chi connectivity index (χ0v) is 18.1. The molecule has 0 bridgehead atoms. The van der Waals surface area contributed by atoms with Crippen molar-refractivity contribution in [2.75, 3.05) is 38.2 Å². The maximum atomic E-state index is 12.2. The second-order valence-corrected chi connectivity index (χ2v) is 8.50. The number of ether oxygens (including phenoxy) is 1. The highest BCUT2D eigenvalue weighted by Gasteiger charge is 2.35. The molecule has 0 aromatic carbocycles. The molecule has 140 valence electrons. The number of esters is 1. The van der Waals surface area contributed by atoms with Crippen molar-refractivity contribution in [3.05, 3.63) is 0 Å². The summed E-state index contributed by atoms with van der Waals surface area (Å²) in [6.07, 6.45) is 1.58. The summed E-state index contributed by atoms with van der Waals surface area (Å²) in [4.78, 5) is 18.5. The number of nitrogens with zero attached hydrogens (tertiary/aromatic N) is 2. The van der Waals surface area contributed by atoms with Gasteiger partial charge in [-0.15, -0.1) is 24.0 Å². The quantitative estimate of drug-likeness (QED) is 0.283. The number of guanidine groups is 1. The molecule has 0 aromatic heterocycles. The predicted molar refractivity (Wildman–Crippen MR) is 109 cm³/mol. The van der Waals surface area contributed by atoms with E-state index in [9.17, 15) is 9.90 Å². The van der Waals surface area contributed by atoms with Gasteiger partial charge in [0.25, 0.3) is 0 Å². The first kappa shape index (κ1) is 21.8. The second kappa shape index (κ2) is 8.93. The van der Waals surface area contributed by atoms with E-state index in [1.54, 1.807) is 18.8 Å². The van der Waals surface area contributed by atoms with Crippen LogP contribution in [0, 0.1) is 5.92 Å². The number of hydrogen-bond acceptors (Lipinski definition) is 5. The third kappa shape index (κ3) is 6.25. The number of halogens is 1. The van der Waals surface area contributed by atoms with Crippen LogP contribution in [0.4, 0.5) is 0 Å². The lowest BCUT2D eigenvalue weighted by Crippen LogP contribution is -2.48. The van der Waals surface area contributed by atoms with Gasteiger partial charge in [0, 0.05) is 32.4 Å². The van der Waals surface area contributed by atoms with Crippen LogP contribution in [0.3, 0.4) is 0 Å². The largest absolute Gasteiger partial charge is 0.460 e. The van der Waals surface area contributed by atoms with Crippen LogP contribution in [0.1, 0.15) is 33.6 Å². The van der Waals surface area contributed by atoms with E-state index >= 15 is 0 Å². The molecule has 2 rings (SSSR count). The number of aliphatic hydroxyl groups is 1. The van der Waals surface area contributed by atoms with Gasteiger partial charge in [-0.05, 0) is 39.4 Å². The van der Waals surface area contributed by atoms with Crippen molar-refractivity contribution < 1.29 is 14.6 Å². The van der Waals surface area contributed by atoms with Crippen molar-refractivity contribution >= 4 is 47.7 Å². The lowest BCUT2D eigenvalue weighted by Gasteiger charge is -2.27. The normalized spacial score (nSPS) is 27.8. The molecule has 6 nitrogen and oxygen atoms in total. The number of rotatable bonds is 3. The maximum absolute atomic E-state index is 12.2. The minimum atomic E-state index is -0.648. The number of aliphatic imine (C=N–C) groups is 1. The Labute approximate surface area is 166 Å². The highest BCUT2D eigenvalue weighted by molar-refractivity contribution is 14.0. The van der Waals surface area contributed by atoms with E-state index in [2.05, 4.69) is 15.2 Å². The van der Waals surface area contributed by atoms with Gasteiger partial charge in [0.05, 0.1) is 11.5 Å². The van der Waals surface area contributed by atoms with E-state index in [1.807, 2.05) is 20.8 Å². The topological polar surface area (TPSA) is 74.2 Å². The van der Waals surface area contributed by atoms with Crippen LogP contribution in [0.2, 0.25) is 0 Å². The Morgan fingerprint density at radius 3 is 2.75 bits per heavy atom. The molecule has 0 amide bonds. The Balaban J connectivity index is 0.00000288. The number of likely N-dealkylation sites (tertiary alicyclic amines) is 1. The van der Waals surface area contributed by atoms with Crippen molar-refractivity contribution in [1.82, 2.24) is 10.2 Å². The molecular weight excluding hydrogens is 441 g/mol. The van der Waals surface area contributed by atoms with Gasteiger partial charge in [0.2, 0.25) is 0 Å². The number of thioether (sulfide) groups is 1. The summed E-state index contributed by atoms with van der Waals surface area (Å²) in [5.41, 5.74) is -1.10. The van der Waals surface area contributed by atoms with Crippen LogP contribution >= 0.6 is 35.7 Å². The van der Waals surface area contributed by atoms with E-state index in [-0.39, 0.29) is 35.9 Å². The first-order chi connectivity index (χ1) is 10.7. The lowest BCUT2D eigenvalue weighted by molar-refractivity contribution is -0.159. The Morgan fingerprint density at radius 1 is 1.50 bits per heavy atom. The molecule has 2 heterocycles. The molecule has 0 spiro atoms. The molecule has 2 aliphatic rings. The number of hydrogen-bond donors (Lipinski definition) is 2. The first-order valence-corrected chi connectivity index (χ1v) is 9.36. The second-order valence-electron chi connectivity index (χ2n) is 7.39. The van der Waals surface area contributed by atoms with Crippen LogP contribution < -0.4 is 5.32 Å². The Morgan fingerprint density at radius 2 is 2.21 bits per heavy atom. The predicted octanol–water partition coefficient (Wildman–Crippen LogP) is 1.71. The zero-order chi connectivity index (χ0) is 17.1. The number of nitrogens with one attached hydrogen (secondary N) is 1. The fourth-order valence-corrected chi connectivity index (χ4v) is 4.14. The van der Waals surface area contributed by atoms with Crippen molar-refractivity contribution in [2.45, 2.75) is 44.8 Å². The van der Waals surface area contributed by atoms with Gasteiger partial charge in [0.15, 0.2) is 5.96 Å². The van der Waals surface area contributed by atoms with Gasteiger partial charge < -0.3 is 20.1 Å². The molecular formula is C16H30IN3O3S. The summed E-state index contributed by atoms with van der Waals surface area (Å²) < 4.78 is 5.47. The van der Waals surface area contributed by atoms with Gasteiger partial charge in [-0.2, -0.15) is 11.8 Å². The van der Waals surface area contributed by atoms with Gasteiger partial charge in [-0.3, -0.25) is 9.79 Å². The number of carbonyl (C=O) groups excluding carboxylic acids is 1. The standard InChI is InChI=1S/C16H29N3O3S.HI/c1-15(2,3)22-13(20)12-5-7-19(9-12)14(17-4)18-10-16(21)6-8-23-11-16;/h12,21H,5-11H2,1-4H3,(H,17,18);1H. The summed E-state index contributed by atoms with van der Waals surface area (Å²) in [7, 11) is 1.73. The molecule has 2 aliphatic heterocycles. The Kier molecular flexibility index (Phi) is 8.12. The van der Waals surface area contributed by atoms with Crippen molar-refractivity contribution in [2.24, 2.45) is 10.9 Å². The van der Waals surface area contributed by atoms with E-state index in [0.29, 0.717) is 13.1 Å². The minimum absolute atomic E-state index is 0.